The van der Waals surface area contributed by atoms with Crippen molar-refractivity contribution in [1.82, 2.24) is 0 Å². The first-order valence-corrected chi connectivity index (χ1v) is 7.09. The minimum Gasteiger partial charge on any atom is -0.481 e. The van der Waals surface area contributed by atoms with E-state index in [2.05, 4.69) is 0 Å². The molecule has 2 aromatic carbocycles. The van der Waals surface area contributed by atoms with Crippen LogP contribution < -0.4 is 4.90 Å². The number of hydrogen-bond acceptors (Lipinski definition) is 2. The molecule has 1 atom stereocenters. The van der Waals surface area contributed by atoms with Crippen molar-refractivity contribution in [3.05, 3.63) is 64.7 Å². The van der Waals surface area contributed by atoms with Gasteiger partial charge in [0.25, 0.3) is 0 Å². The topological polar surface area (TPSA) is 40.5 Å². The smallest absolute Gasteiger partial charge is 0.311 e. The highest BCUT2D eigenvalue weighted by Gasteiger charge is 2.20. The first-order valence-electron chi connectivity index (χ1n) is 6.72. The Morgan fingerprint density at radius 3 is 2.43 bits per heavy atom. The van der Waals surface area contributed by atoms with Crippen molar-refractivity contribution in [3.8, 4) is 0 Å². The van der Waals surface area contributed by atoms with Gasteiger partial charge in [-0.25, -0.2) is 0 Å². The zero-order valence-corrected chi connectivity index (χ0v) is 12.8. The molecule has 1 unspecified atom stereocenters. The highest BCUT2D eigenvalue weighted by molar-refractivity contribution is 6.30. The van der Waals surface area contributed by atoms with Gasteiger partial charge in [0, 0.05) is 24.8 Å². The average molecular weight is 304 g/mol. The minimum atomic E-state index is -0.826. The SMILES string of the molecule is CN(C)c1cccc(CC(C(=O)O)c2ccc(Cl)cc2)c1. The number of carboxylic acids is 1. The van der Waals surface area contributed by atoms with Crippen molar-refractivity contribution in [2.75, 3.05) is 19.0 Å². The molecule has 0 saturated heterocycles. The molecule has 1 N–H and O–H groups in total. The van der Waals surface area contributed by atoms with Crippen molar-refractivity contribution in [2.45, 2.75) is 12.3 Å². The van der Waals surface area contributed by atoms with E-state index in [9.17, 15) is 9.90 Å². The molecule has 0 spiro atoms. The van der Waals surface area contributed by atoms with Gasteiger partial charge in [-0.3, -0.25) is 4.79 Å². The molecule has 2 aromatic rings. The molecule has 21 heavy (non-hydrogen) atoms. The molecule has 0 aliphatic rings. The lowest BCUT2D eigenvalue weighted by atomic mass is 9.92. The second-order valence-electron chi connectivity index (χ2n) is 5.21. The van der Waals surface area contributed by atoms with Crippen LogP contribution in [0.15, 0.2) is 48.5 Å². The molecule has 0 radical (unpaired) electrons. The Balaban J connectivity index is 2.26. The van der Waals surface area contributed by atoms with E-state index in [-0.39, 0.29) is 0 Å². The molecule has 0 fully saturated rings. The Bertz CT molecular complexity index is 623. The summed E-state index contributed by atoms with van der Waals surface area (Å²) in [5.74, 6) is -1.40. The van der Waals surface area contributed by atoms with Crippen LogP contribution in [0.25, 0.3) is 0 Å². The Kier molecular flexibility index (Phi) is 4.86. The monoisotopic (exact) mass is 303 g/mol. The molecule has 0 aliphatic carbocycles. The minimum absolute atomic E-state index is 0.457. The quantitative estimate of drug-likeness (QED) is 0.913. The Labute approximate surface area is 129 Å². The van der Waals surface area contributed by atoms with Crippen LogP contribution in [0.2, 0.25) is 5.02 Å². The van der Waals surface area contributed by atoms with Crippen LogP contribution in [-0.2, 0) is 11.2 Å². The molecule has 0 aliphatic heterocycles. The van der Waals surface area contributed by atoms with Crippen molar-refractivity contribution in [3.63, 3.8) is 0 Å². The zero-order valence-electron chi connectivity index (χ0n) is 12.1. The number of halogens is 1. The summed E-state index contributed by atoms with van der Waals surface area (Å²) in [6, 6.07) is 14.9. The molecule has 2 rings (SSSR count). The molecule has 110 valence electrons. The lowest BCUT2D eigenvalue weighted by Gasteiger charge is -2.16. The fourth-order valence-electron chi connectivity index (χ4n) is 2.24. The van der Waals surface area contributed by atoms with Gasteiger partial charge in [0.1, 0.15) is 0 Å². The van der Waals surface area contributed by atoms with E-state index in [0.29, 0.717) is 11.4 Å². The predicted molar refractivity (Wildman–Crippen MR) is 86.3 cm³/mol. The van der Waals surface area contributed by atoms with E-state index in [4.69, 9.17) is 11.6 Å². The zero-order chi connectivity index (χ0) is 15.4. The van der Waals surface area contributed by atoms with Crippen LogP contribution in [0.5, 0.6) is 0 Å². The van der Waals surface area contributed by atoms with Gasteiger partial charge in [0.2, 0.25) is 0 Å². The number of benzene rings is 2. The lowest BCUT2D eigenvalue weighted by Crippen LogP contribution is -2.15. The summed E-state index contributed by atoms with van der Waals surface area (Å²) in [7, 11) is 3.93. The Morgan fingerprint density at radius 1 is 1.19 bits per heavy atom. The van der Waals surface area contributed by atoms with Crippen LogP contribution in [0.1, 0.15) is 17.0 Å². The summed E-state index contributed by atoms with van der Waals surface area (Å²) in [6.07, 6.45) is 0.457. The average Bonchev–Trinajstić information content (AvgIpc) is 2.46. The number of hydrogen-bond donors (Lipinski definition) is 1. The van der Waals surface area contributed by atoms with Gasteiger partial charge in [0.15, 0.2) is 0 Å². The molecule has 0 aromatic heterocycles. The summed E-state index contributed by atoms with van der Waals surface area (Å²) in [5, 5.41) is 10.1. The van der Waals surface area contributed by atoms with Crippen LogP contribution in [0, 0.1) is 0 Å². The van der Waals surface area contributed by atoms with Crippen LogP contribution in [0.4, 0.5) is 5.69 Å². The highest BCUT2D eigenvalue weighted by atomic mass is 35.5. The largest absolute Gasteiger partial charge is 0.481 e. The summed E-state index contributed by atoms with van der Waals surface area (Å²) >= 11 is 5.86. The number of carbonyl (C=O) groups is 1. The van der Waals surface area contributed by atoms with Crippen LogP contribution in [0.3, 0.4) is 0 Å². The number of carboxylic acid groups (broad SMARTS) is 1. The van der Waals surface area contributed by atoms with Crippen LogP contribution in [-0.4, -0.2) is 25.2 Å². The summed E-state index contributed by atoms with van der Waals surface area (Å²) < 4.78 is 0. The molecular weight excluding hydrogens is 286 g/mol. The first-order chi connectivity index (χ1) is 9.97. The normalized spacial score (nSPS) is 12.0. The van der Waals surface area contributed by atoms with Gasteiger partial charge < -0.3 is 10.0 Å². The fraction of sp³-hybridized carbons (Fsp3) is 0.235. The maximum atomic E-state index is 11.6. The van der Waals surface area contributed by atoms with Gasteiger partial charge in [-0.05, 0) is 41.8 Å². The Morgan fingerprint density at radius 2 is 1.86 bits per heavy atom. The van der Waals surface area contributed by atoms with Gasteiger partial charge >= 0.3 is 5.97 Å². The molecule has 0 heterocycles. The van der Waals surface area contributed by atoms with E-state index in [1.807, 2.05) is 43.3 Å². The molecular formula is C17H18ClNO2. The lowest BCUT2D eigenvalue weighted by molar-refractivity contribution is -0.138. The highest BCUT2D eigenvalue weighted by Crippen LogP contribution is 2.24. The third-order valence-corrected chi connectivity index (χ3v) is 3.69. The van der Waals surface area contributed by atoms with E-state index in [1.54, 1.807) is 24.3 Å². The summed E-state index contributed by atoms with van der Waals surface area (Å²) in [4.78, 5) is 13.6. The maximum Gasteiger partial charge on any atom is 0.311 e. The Hall–Kier alpha value is -2.00. The third kappa shape index (κ3) is 3.99. The van der Waals surface area contributed by atoms with E-state index < -0.39 is 11.9 Å². The molecule has 0 amide bonds. The van der Waals surface area contributed by atoms with E-state index >= 15 is 0 Å². The van der Waals surface area contributed by atoms with Crippen molar-refractivity contribution >= 4 is 23.3 Å². The number of nitrogens with zero attached hydrogens (tertiary/aromatic N) is 1. The molecule has 0 bridgehead atoms. The first kappa shape index (κ1) is 15.4. The standard InChI is InChI=1S/C17H18ClNO2/c1-19(2)15-5-3-4-12(10-15)11-16(17(20)21)13-6-8-14(18)9-7-13/h3-10,16H,11H2,1-2H3,(H,20,21). The summed E-state index contributed by atoms with van der Waals surface area (Å²) in [6.45, 7) is 0. The van der Waals surface area contributed by atoms with Crippen molar-refractivity contribution in [2.24, 2.45) is 0 Å². The maximum absolute atomic E-state index is 11.6. The van der Waals surface area contributed by atoms with Gasteiger partial charge in [-0.1, -0.05) is 35.9 Å². The van der Waals surface area contributed by atoms with Crippen LogP contribution >= 0.6 is 11.6 Å². The second kappa shape index (κ2) is 6.64. The van der Waals surface area contributed by atoms with E-state index in [1.165, 1.54) is 0 Å². The van der Waals surface area contributed by atoms with Crippen molar-refractivity contribution < 1.29 is 9.90 Å². The molecule has 0 saturated carbocycles. The van der Waals surface area contributed by atoms with Gasteiger partial charge in [-0.2, -0.15) is 0 Å². The van der Waals surface area contributed by atoms with E-state index in [0.717, 1.165) is 16.8 Å². The summed E-state index contributed by atoms with van der Waals surface area (Å²) in [5.41, 5.74) is 2.83. The molecule has 3 nitrogen and oxygen atoms in total. The van der Waals surface area contributed by atoms with Gasteiger partial charge in [-0.15, -0.1) is 0 Å². The fourth-order valence-corrected chi connectivity index (χ4v) is 2.37. The number of anilines is 1. The predicted octanol–water partition coefficient (Wildman–Crippen LogP) is 3.82. The second-order valence-corrected chi connectivity index (χ2v) is 5.65. The number of aliphatic carboxylic acids is 1. The number of rotatable bonds is 5. The van der Waals surface area contributed by atoms with Gasteiger partial charge in [0.05, 0.1) is 5.92 Å². The van der Waals surface area contributed by atoms with Crippen molar-refractivity contribution in [1.29, 1.82) is 0 Å². The molecule has 4 heteroatoms. The third-order valence-electron chi connectivity index (χ3n) is 3.44.